The molecule has 1 aromatic heterocycles. The van der Waals surface area contributed by atoms with Crippen molar-refractivity contribution in [3.05, 3.63) is 40.2 Å². The third-order valence-corrected chi connectivity index (χ3v) is 5.35. The van der Waals surface area contributed by atoms with Crippen molar-refractivity contribution in [3.63, 3.8) is 0 Å². The van der Waals surface area contributed by atoms with Gasteiger partial charge in [-0.1, -0.05) is 20.3 Å². The maximum absolute atomic E-state index is 12.8. The van der Waals surface area contributed by atoms with E-state index >= 15 is 0 Å². The van der Waals surface area contributed by atoms with Gasteiger partial charge < -0.3 is 25.5 Å². The number of carboxylic acids is 1. The summed E-state index contributed by atoms with van der Waals surface area (Å²) in [5.41, 5.74) is 0.977. The van der Waals surface area contributed by atoms with Crippen LogP contribution in [-0.4, -0.2) is 40.9 Å². The molecule has 0 aliphatic heterocycles. The molecular formula is C23H29N3O7. The lowest BCUT2D eigenvalue weighted by atomic mass is 9.97. The van der Waals surface area contributed by atoms with E-state index in [0.717, 1.165) is 10.9 Å². The molecule has 10 heteroatoms. The number of carbonyl (C=O) groups is 4. The Morgan fingerprint density at radius 3 is 2.36 bits per heavy atom. The van der Waals surface area contributed by atoms with Gasteiger partial charge in [-0.2, -0.15) is 0 Å². The number of benzene rings is 1. The molecule has 0 fully saturated rings. The molecule has 1 heterocycles. The topological polar surface area (TPSA) is 155 Å². The van der Waals surface area contributed by atoms with Crippen molar-refractivity contribution in [1.82, 2.24) is 10.6 Å². The fourth-order valence-electron chi connectivity index (χ4n) is 3.19. The summed E-state index contributed by atoms with van der Waals surface area (Å²) in [6, 6.07) is 4.45. The molecule has 0 unspecified atom stereocenters. The van der Waals surface area contributed by atoms with Crippen LogP contribution in [0, 0.1) is 12.8 Å². The van der Waals surface area contributed by atoms with Gasteiger partial charge in [-0.05, 0) is 37.5 Å². The molecular weight excluding hydrogens is 430 g/mol. The Hall–Kier alpha value is -3.69. The average Bonchev–Trinajstić information content (AvgIpc) is 2.74. The van der Waals surface area contributed by atoms with Gasteiger partial charge >= 0.3 is 11.6 Å². The predicted octanol–water partition coefficient (Wildman–Crippen LogP) is 1.94. The number of carboxylic acid groups (broad SMARTS) is 1. The molecule has 0 saturated carbocycles. The van der Waals surface area contributed by atoms with Crippen LogP contribution in [0.25, 0.3) is 11.0 Å². The highest BCUT2D eigenvalue weighted by Gasteiger charge is 2.28. The maximum Gasteiger partial charge on any atom is 0.336 e. The Kier molecular flexibility index (Phi) is 8.72. The van der Waals surface area contributed by atoms with Gasteiger partial charge in [0.05, 0.1) is 6.42 Å². The molecule has 10 nitrogen and oxygen atoms in total. The van der Waals surface area contributed by atoms with Gasteiger partial charge in [0.15, 0.2) is 0 Å². The van der Waals surface area contributed by atoms with Gasteiger partial charge in [0.1, 0.15) is 17.7 Å². The number of anilines is 1. The van der Waals surface area contributed by atoms with Crippen molar-refractivity contribution in [3.8, 4) is 0 Å². The summed E-state index contributed by atoms with van der Waals surface area (Å²) in [4.78, 5) is 59.7. The lowest BCUT2D eigenvalue weighted by molar-refractivity contribution is -0.139. The van der Waals surface area contributed by atoms with Crippen LogP contribution in [0.2, 0.25) is 0 Å². The highest BCUT2D eigenvalue weighted by atomic mass is 16.4. The SMILES string of the molecule is CC[C@H](C)[C@H](NC(=O)CCC(=O)O)C(=O)N[C@@H](C)C(=O)Nc1ccc2c(C)cc(=O)oc2c1. The number of fused-ring (bicyclic) bond motifs is 1. The molecule has 2 rings (SSSR count). The number of aryl methyl sites for hydroxylation is 1. The molecule has 3 amide bonds. The van der Waals surface area contributed by atoms with Crippen molar-refractivity contribution in [2.45, 2.75) is 59.0 Å². The van der Waals surface area contributed by atoms with Crippen molar-refractivity contribution >= 4 is 40.3 Å². The molecule has 4 N–H and O–H groups in total. The molecule has 0 aliphatic carbocycles. The first-order valence-electron chi connectivity index (χ1n) is 10.7. The number of amides is 3. The molecule has 0 aliphatic rings. The quantitative estimate of drug-likeness (QED) is 0.396. The van der Waals surface area contributed by atoms with Crippen molar-refractivity contribution in [2.75, 3.05) is 5.32 Å². The third-order valence-electron chi connectivity index (χ3n) is 5.35. The van der Waals surface area contributed by atoms with E-state index in [4.69, 9.17) is 9.52 Å². The molecule has 33 heavy (non-hydrogen) atoms. The minimum Gasteiger partial charge on any atom is -0.481 e. The van der Waals surface area contributed by atoms with Crippen LogP contribution < -0.4 is 21.6 Å². The molecule has 3 atom stereocenters. The summed E-state index contributed by atoms with van der Waals surface area (Å²) in [6.07, 6.45) is -0.00632. The minimum absolute atomic E-state index is 0.235. The second kappa shape index (κ2) is 11.3. The monoisotopic (exact) mass is 459 g/mol. The number of carbonyl (C=O) groups excluding carboxylic acids is 3. The van der Waals surface area contributed by atoms with Gasteiger partial charge in [0.2, 0.25) is 17.7 Å². The van der Waals surface area contributed by atoms with Gasteiger partial charge in [0, 0.05) is 29.6 Å². The molecule has 0 saturated heterocycles. The fraction of sp³-hybridized carbons (Fsp3) is 0.435. The number of nitrogens with one attached hydrogen (secondary N) is 3. The molecule has 0 spiro atoms. The zero-order chi connectivity index (χ0) is 24.7. The Morgan fingerprint density at radius 2 is 1.73 bits per heavy atom. The first kappa shape index (κ1) is 25.6. The predicted molar refractivity (Wildman–Crippen MR) is 122 cm³/mol. The van der Waals surface area contributed by atoms with E-state index < -0.39 is 41.4 Å². The zero-order valence-corrected chi connectivity index (χ0v) is 19.1. The van der Waals surface area contributed by atoms with E-state index in [0.29, 0.717) is 17.7 Å². The fourth-order valence-corrected chi connectivity index (χ4v) is 3.19. The van der Waals surface area contributed by atoms with E-state index in [1.54, 1.807) is 26.0 Å². The first-order valence-corrected chi connectivity index (χ1v) is 10.7. The largest absolute Gasteiger partial charge is 0.481 e. The summed E-state index contributed by atoms with van der Waals surface area (Å²) < 4.78 is 5.18. The molecule has 0 radical (unpaired) electrons. The number of rotatable bonds is 10. The van der Waals surface area contributed by atoms with E-state index in [1.165, 1.54) is 19.1 Å². The third kappa shape index (κ3) is 7.16. The van der Waals surface area contributed by atoms with Crippen LogP contribution in [-0.2, 0) is 19.2 Å². The Morgan fingerprint density at radius 1 is 1.03 bits per heavy atom. The van der Waals surface area contributed by atoms with Crippen LogP contribution in [0.1, 0.15) is 45.6 Å². The van der Waals surface area contributed by atoms with E-state index in [-0.39, 0.29) is 18.8 Å². The standard InChI is InChI=1S/C23H29N3O7/c1-5-12(2)21(26-18(27)8-9-19(28)29)23(32)24-14(4)22(31)25-15-6-7-16-13(3)10-20(30)33-17(16)11-15/h6-7,10-12,14,21H,5,8-9H2,1-4H3,(H,24,32)(H,25,31)(H,26,27)(H,28,29)/t12-,14-,21-/m0/s1. The van der Waals surface area contributed by atoms with Crippen LogP contribution in [0.15, 0.2) is 33.5 Å². The Balaban J connectivity index is 2.05. The highest BCUT2D eigenvalue weighted by molar-refractivity contribution is 5.99. The first-order chi connectivity index (χ1) is 15.5. The van der Waals surface area contributed by atoms with Crippen LogP contribution >= 0.6 is 0 Å². The summed E-state index contributed by atoms with van der Waals surface area (Å²) in [7, 11) is 0. The highest BCUT2D eigenvalue weighted by Crippen LogP contribution is 2.21. The van der Waals surface area contributed by atoms with Crippen molar-refractivity contribution in [1.29, 1.82) is 0 Å². The maximum atomic E-state index is 12.8. The van der Waals surface area contributed by atoms with Crippen LogP contribution in [0.3, 0.4) is 0 Å². The van der Waals surface area contributed by atoms with Gasteiger partial charge in [-0.3, -0.25) is 19.2 Å². The molecule has 0 bridgehead atoms. The molecule has 1 aromatic carbocycles. The average molecular weight is 459 g/mol. The van der Waals surface area contributed by atoms with E-state index in [2.05, 4.69) is 16.0 Å². The number of aliphatic carboxylic acids is 1. The minimum atomic E-state index is -1.11. The molecule has 2 aromatic rings. The second-order valence-electron chi connectivity index (χ2n) is 8.00. The normalized spacial score (nSPS) is 13.6. The Bertz CT molecular complexity index is 1110. The number of hydrogen-bond donors (Lipinski definition) is 4. The smallest absolute Gasteiger partial charge is 0.336 e. The van der Waals surface area contributed by atoms with Crippen LogP contribution in [0.4, 0.5) is 5.69 Å². The van der Waals surface area contributed by atoms with Gasteiger partial charge in [0.25, 0.3) is 0 Å². The Labute approximate surface area is 190 Å². The summed E-state index contributed by atoms with van der Waals surface area (Å²) in [5, 5.41) is 17.3. The van der Waals surface area contributed by atoms with Gasteiger partial charge in [-0.15, -0.1) is 0 Å². The second-order valence-corrected chi connectivity index (χ2v) is 8.00. The van der Waals surface area contributed by atoms with Gasteiger partial charge in [-0.25, -0.2) is 4.79 Å². The van der Waals surface area contributed by atoms with E-state index in [9.17, 15) is 24.0 Å². The summed E-state index contributed by atoms with van der Waals surface area (Å²) >= 11 is 0. The molecule has 178 valence electrons. The summed E-state index contributed by atoms with van der Waals surface area (Å²) in [6.45, 7) is 6.91. The van der Waals surface area contributed by atoms with E-state index in [1.807, 2.05) is 6.92 Å². The summed E-state index contributed by atoms with van der Waals surface area (Å²) in [5.74, 6) is -2.94. The van der Waals surface area contributed by atoms with Crippen LogP contribution in [0.5, 0.6) is 0 Å². The van der Waals surface area contributed by atoms with Crippen molar-refractivity contribution < 1.29 is 28.7 Å². The number of hydrogen-bond acceptors (Lipinski definition) is 6. The lowest BCUT2D eigenvalue weighted by Gasteiger charge is -2.25. The lowest BCUT2D eigenvalue weighted by Crippen LogP contribution is -2.54. The zero-order valence-electron chi connectivity index (χ0n) is 19.1. The van der Waals surface area contributed by atoms with Crippen molar-refractivity contribution in [2.24, 2.45) is 5.92 Å².